The molecule has 0 aromatic carbocycles. The van der Waals surface area contributed by atoms with E-state index in [2.05, 4.69) is 42.8 Å². The van der Waals surface area contributed by atoms with Crippen molar-refractivity contribution in [3.63, 3.8) is 0 Å². The third-order valence-electron chi connectivity index (χ3n) is 3.52. The van der Waals surface area contributed by atoms with Gasteiger partial charge in [0.15, 0.2) is 0 Å². The molecule has 0 unspecified atom stereocenters. The zero-order chi connectivity index (χ0) is 14.3. The van der Waals surface area contributed by atoms with Crippen molar-refractivity contribution in [3.8, 4) is 0 Å². The van der Waals surface area contributed by atoms with Gasteiger partial charge >= 0.3 is 0 Å². The smallest absolute Gasteiger partial charge is 0.140 e. The van der Waals surface area contributed by atoms with Gasteiger partial charge in [-0.1, -0.05) is 0 Å². The maximum Gasteiger partial charge on any atom is 0.140 e. The molecule has 0 amide bonds. The van der Waals surface area contributed by atoms with E-state index in [-0.39, 0.29) is 0 Å². The molecular weight excluding hydrogens is 318 g/mol. The van der Waals surface area contributed by atoms with Gasteiger partial charge < -0.3 is 10.3 Å². The third-order valence-corrected chi connectivity index (χ3v) is 4.55. The lowest BCUT2D eigenvalue weighted by Crippen LogP contribution is -2.06. The first-order chi connectivity index (χ1) is 9.61. The van der Waals surface area contributed by atoms with Gasteiger partial charge in [0, 0.05) is 31.4 Å². The van der Waals surface area contributed by atoms with Crippen molar-refractivity contribution in [1.29, 1.82) is 0 Å². The highest BCUT2D eigenvalue weighted by atomic mass is 79.9. The number of rotatable bonds is 3. The van der Waals surface area contributed by atoms with E-state index in [1.54, 1.807) is 0 Å². The Hall–Kier alpha value is -1.66. The molecule has 2 N–H and O–H groups in total. The van der Waals surface area contributed by atoms with Crippen LogP contribution in [-0.2, 0) is 20.1 Å². The molecule has 0 fully saturated rings. The predicted molar refractivity (Wildman–Crippen MR) is 82.4 cm³/mol. The molecule has 0 aliphatic rings. The number of pyridine rings is 1. The minimum atomic E-state index is 0.515. The summed E-state index contributed by atoms with van der Waals surface area (Å²) in [5.41, 5.74) is 10.0. The molecule has 3 aromatic heterocycles. The number of nitrogens with zero attached hydrogens (tertiary/aromatic N) is 4. The first-order valence-electron chi connectivity index (χ1n) is 6.42. The van der Waals surface area contributed by atoms with E-state index in [1.165, 1.54) is 0 Å². The van der Waals surface area contributed by atoms with Gasteiger partial charge in [-0.15, -0.1) is 0 Å². The summed E-state index contributed by atoms with van der Waals surface area (Å²) < 4.78 is 5.07. The molecule has 20 heavy (non-hydrogen) atoms. The Morgan fingerprint density at radius 1 is 1.40 bits per heavy atom. The minimum Gasteiger partial charge on any atom is -0.326 e. The van der Waals surface area contributed by atoms with E-state index < -0.39 is 0 Å². The van der Waals surface area contributed by atoms with Gasteiger partial charge in [0.25, 0.3) is 0 Å². The number of fused-ring (bicyclic) bond motifs is 1. The van der Waals surface area contributed by atoms with Gasteiger partial charge in [-0.05, 0) is 40.5 Å². The largest absolute Gasteiger partial charge is 0.326 e. The maximum absolute atomic E-state index is 5.82. The summed E-state index contributed by atoms with van der Waals surface area (Å²) >= 11 is 3.60. The van der Waals surface area contributed by atoms with E-state index in [1.807, 2.05) is 30.9 Å². The number of halogens is 1. The molecule has 104 valence electrons. The second-order valence-corrected chi connectivity index (χ2v) is 5.62. The monoisotopic (exact) mass is 333 g/mol. The van der Waals surface area contributed by atoms with Crippen LogP contribution in [0.1, 0.15) is 17.0 Å². The number of nitrogens with two attached hydrogens (primary N) is 1. The lowest BCUT2D eigenvalue weighted by molar-refractivity contribution is 0.668. The van der Waals surface area contributed by atoms with Crippen molar-refractivity contribution < 1.29 is 0 Å². The lowest BCUT2D eigenvalue weighted by atomic mass is 10.2. The minimum absolute atomic E-state index is 0.515. The fourth-order valence-electron chi connectivity index (χ4n) is 2.49. The van der Waals surface area contributed by atoms with Crippen molar-refractivity contribution in [3.05, 3.63) is 46.0 Å². The van der Waals surface area contributed by atoms with Gasteiger partial charge in [0.1, 0.15) is 5.65 Å². The van der Waals surface area contributed by atoms with Crippen LogP contribution in [0.4, 0.5) is 0 Å². The lowest BCUT2D eigenvalue weighted by Gasteiger charge is -2.06. The average Bonchev–Trinajstić information content (AvgIpc) is 2.92. The van der Waals surface area contributed by atoms with Gasteiger partial charge in [-0.2, -0.15) is 5.10 Å². The third kappa shape index (κ3) is 2.05. The van der Waals surface area contributed by atoms with Crippen LogP contribution in [0.15, 0.2) is 29.0 Å². The van der Waals surface area contributed by atoms with Crippen LogP contribution in [0.5, 0.6) is 0 Å². The number of hydrogen-bond acceptors (Lipinski definition) is 3. The number of aryl methyl sites for hydroxylation is 2. The predicted octanol–water partition coefficient (Wildman–Crippen LogP) is 2.35. The van der Waals surface area contributed by atoms with Crippen LogP contribution in [0.3, 0.4) is 0 Å². The highest BCUT2D eigenvalue weighted by Gasteiger charge is 2.14. The average molecular weight is 334 g/mol. The normalized spacial score (nSPS) is 11.4. The zero-order valence-electron chi connectivity index (χ0n) is 11.5. The first-order valence-corrected chi connectivity index (χ1v) is 7.22. The summed E-state index contributed by atoms with van der Waals surface area (Å²) in [6, 6.07) is 4.00. The van der Waals surface area contributed by atoms with E-state index >= 15 is 0 Å². The topological polar surface area (TPSA) is 61.7 Å². The Kier molecular flexibility index (Phi) is 3.35. The maximum atomic E-state index is 5.82. The van der Waals surface area contributed by atoms with Crippen molar-refractivity contribution in [2.75, 3.05) is 0 Å². The molecule has 0 bridgehead atoms. The summed E-state index contributed by atoms with van der Waals surface area (Å²) in [6.45, 7) is 3.22. The standard InChI is InChI=1S/C14H16BrN5/c1-9-13(15)12(19(2)18-9)8-20-7-10(6-16)11-4-3-5-17-14(11)20/h3-5,7H,6,8,16H2,1-2H3. The summed E-state index contributed by atoms with van der Waals surface area (Å²) in [5, 5.41) is 5.54. The van der Waals surface area contributed by atoms with Gasteiger partial charge in [-0.3, -0.25) is 4.68 Å². The second-order valence-electron chi connectivity index (χ2n) is 4.83. The molecule has 6 heteroatoms. The second kappa shape index (κ2) is 5.03. The van der Waals surface area contributed by atoms with Crippen molar-refractivity contribution in [2.24, 2.45) is 12.8 Å². The SMILES string of the molecule is Cc1nn(C)c(Cn2cc(CN)c3cccnc32)c1Br. The molecule has 0 radical (unpaired) electrons. The van der Waals surface area contributed by atoms with Crippen LogP contribution in [0.2, 0.25) is 0 Å². The molecule has 0 saturated heterocycles. The Morgan fingerprint density at radius 3 is 2.85 bits per heavy atom. The molecule has 3 aromatic rings. The fraction of sp³-hybridized carbons (Fsp3) is 0.286. The van der Waals surface area contributed by atoms with Gasteiger partial charge in [0.2, 0.25) is 0 Å². The highest BCUT2D eigenvalue weighted by Crippen LogP contribution is 2.24. The summed E-state index contributed by atoms with van der Waals surface area (Å²) in [5.74, 6) is 0. The van der Waals surface area contributed by atoms with Crippen LogP contribution < -0.4 is 5.73 Å². The molecule has 0 aliphatic heterocycles. The van der Waals surface area contributed by atoms with Gasteiger partial charge in [0.05, 0.1) is 22.4 Å². The first kappa shape index (κ1) is 13.3. The van der Waals surface area contributed by atoms with Crippen molar-refractivity contribution >= 4 is 27.0 Å². The Labute approximate surface area is 125 Å². The molecule has 3 rings (SSSR count). The molecular formula is C14H16BrN5. The van der Waals surface area contributed by atoms with Crippen LogP contribution >= 0.6 is 15.9 Å². The van der Waals surface area contributed by atoms with Crippen LogP contribution in [0, 0.1) is 6.92 Å². The number of aromatic nitrogens is 4. The van der Waals surface area contributed by atoms with E-state index in [0.717, 1.165) is 32.5 Å². The molecule has 0 saturated carbocycles. The number of hydrogen-bond donors (Lipinski definition) is 1. The van der Waals surface area contributed by atoms with Gasteiger partial charge in [-0.25, -0.2) is 4.98 Å². The van der Waals surface area contributed by atoms with Crippen molar-refractivity contribution in [1.82, 2.24) is 19.3 Å². The molecule has 0 aliphatic carbocycles. The van der Waals surface area contributed by atoms with E-state index in [0.29, 0.717) is 13.1 Å². The summed E-state index contributed by atoms with van der Waals surface area (Å²) in [7, 11) is 1.95. The molecule has 0 atom stereocenters. The highest BCUT2D eigenvalue weighted by molar-refractivity contribution is 9.10. The summed E-state index contributed by atoms with van der Waals surface area (Å²) in [6.07, 6.45) is 3.88. The van der Waals surface area contributed by atoms with Crippen LogP contribution in [-0.4, -0.2) is 19.3 Å². The van der Waals surface area contributed by atoms with E-state index in [4.69, 9.17) is 5.73 Å². The fourth-order valence-corrected chi connectivity index (χ4v) is 2.95. The Morgan fingerprint density at radius 2 is 2.20 bits per heavy atom. The van der Waals surface area contributed by atoms with Crippen LogP contribution in [0.25, 0.3) is 11.0 Å². The van der Waals surface area contributed by atoms with Crippen molar-refractivity contribution in [2.45, 2.75) is 20.0 Å². The summed E-state index contributed by atoms with van der Waals surface area (Å²) in [4.78, 5) is 4.47. The van der Waals surface area contributed by atoms with E-state index in [9.17, 15) is 0 Å². The zero-order valence-corrected chi connectivity index (χ0v) is 13.1. The quantitative estimate of drug-likeness (QED) is 0.800. The molecule has 3 heterocycles. The Balaban J connectivity index is 2.11. The Bertz CT molecular complexity index is 771. The molecule has 5 nitrogen and oxygen atoms in total. The molecule has 0 spiro atoms.